The fourth-order valence-electron chi connectivity index (χ4n) is 3.32. The van der Waals surface area contributed by atoms with Crippen LogP contribution in [0.3, 0.4) is 0 Å². The maximum Gasteiger partial charge on any atom is 0.357 e. The Balaban J connectivity index is 2.34. The number of ether oxygens (including phenoxy) is 6. The molecule has 0 spiro atoms. The summed E-state index contributed by atoms with van der Waals surface area (Å²) in [6.07, 6.45) is 0. The van der Waals surface area contributed by atoms with E-state index >= 15 is 0 Å². The highest BCUT2D eigenvalue weighted by Crippen LogP contribution is 2.37. The van der Waals surface area contributed by atoms with Crippen molar-refractivity contribution in [3.63, 3.8) is 0 Å². The lowest BCUT2D eigenvalue weighted by Crippen LogP contribution is -2.16. The fraction of sp³-hybridized carbons (Fsp3) is 0.250. The van der Waals surface area contributed by atoms with Gasteiger partial charge in [-0.25, -0.2) is 19.6 Å². The first-order chi connectivity index (χ1) is 16.4. The van der Waals surface area contributed by atoms with E-state index < -0.39 is 11.9 Å². The van der Waals surface area contributed by atoms with Crippen molar-refractivity contribution in [2.45, 2.75) is 0 Å². The molecule has 0 saturated heterocycles. The van der Waals surface area contributed by atoms with Crippen LogP contribution in [0, 0.1) is 0 Å². The van der Waals surface area contributed by atoms with Crippen LogP contribution in [-0.2, 0) is 9.47 Å². The molecule has 0 unspecified atom stereocenters. The van der Waals surface area contributed by atoms with Crippen molar-refractivity contribution in [1.29, 1.82) is 0 Å². The minimum absolute atomic E-state index is 0.0889. The molecule has 10 heteroatoms. The van der Waals surface area contributed by atoms with Gasteiger partial charge in [0, 0.05) is 11.1 Å². The molecule has 1 heterocycles. The van der Waals surface area contributed by atoms with Crippen LogP contribution in [0.4, 0.5) is 0 Å². The summed E-state index contributed by atoms with van der Waals surface area (Å²) in [6.45, 7) is 0. The smallest absolute Gasteiger partial charge is 0.357 e. The summed E-state index contributed by atoms with van der Waals surface area (Å²) in [5.41, 5.74) is 0.776. The van der Waals surface area contributed by atoms with Gasteiger partial charge >= 0.3 is 11.9 Å². The molecule has 0 saturated carbocycles. The largest absolute Gasteiger partial charge is 0.493 e. The standard InChI is InChI=1S/C24H24N2O8/c1-29-15-9-7-13(11-17(15)31-3)19-20(23(27)33-5)25-22(26-21(19)24(28)34-6)14-8-10-16(30-2)18(12-14)32-4/h7-12H,1-6H3. The van der Waals surface area contributed by atoms with E-state index in [-0.39, 0.29) is 22.8 Å². The molecule has 0 aliphatic rings. The van der Waals surface area contributed by atoms with E-state index in [0.29, 0.717) is 34.1 Å². The monoisotopic (exact) mass is 468 g/mol. The lowest BCUT2D eigenvalue weighted by molar-refractivity contribution is 0.0592. The lowest BCUT2D eigenvalue weighted by atomic mass is 10.00. The molecule has 178 valence electrons. The highest BCUT2D eigenvalue weighted by molar-refractivity contribution is 6.04. The van der Waals surface area contributed by atoms with E-state index in [1.807, 2.05) is 0 Å². The average Bonchev–Trinajstić information content (AvgIpc) is 2.90. The Kier molecular flexibility index (Phi) is 7.52. The third-order valence-corrected chi connectivity index (χ3v) is 4.98. The van der Waals surface area contributed by atoms with E-state index in [9.17, 15) is 9.59 Å². The second kappa shape index (κ2) is 10.5. The zero-order chi connectivity index (χ0) is 24.8. The van der Waals surface area contributed by atoms with E-state index in [1.165, 1.54) is 42.7 Å². The highest BCUT2D eigenvalue weighted by Gasteiger charge is 2.28. The summed E-state index contributed by atoms with van der Waals surface area (Å²) in [5, 5.41) is 0. The number of rotatable bonds is 8. The Hall–Kier alpha value is -4.34. The van der Waals surface area contributed by atoms with Gasteiger partial charge in [-0.3, -0.25) is 0 Å². The van der Waals surface area contributed by atoms with Crippen LogP contribution in [-0.4, -0.2) is 64.6 Å². The number of hydrogen-bond donors (Lipinski definition) is 0. The highest BCUT2D eigenvalue weighted by atomic mass is 16.5. The molecule has 2 aromatic carbocycles. The van der Waals surface area contributed by atoms with Gasteiger partial charge in [0.05, 0.1) is 42.7 Å². The summed E-state index contributed by atoms with van der Waals surface area (Å²) in [6, 6.07) is 9.86. The molecule has 0 aliphatic carbocycles. The molecule has 0 N–H and O–H groups in total. The van der Waals surface area contributed by atoms with Gasteiger partial charge in [0.1, 0.15) is 0 Å². The molecule has 0 aliphatic heterocycles. The first kappa shape index (κ1) is 24.3. The maximum absolute atomic E-state index is 12.8. The van der Waals surface area contributed by atoms with Gasteiger partial charge in [-0.05, 0) is 35.9 Å². The quantitative estimate of drug-likeness (QED) is 0.455. The normalized spacial score (nSPS) is 10.3. The van der Waals surface area contributed by atoms with Crippen molar-refractivity contribution >= 4 is 11.9 Å². The number of methoxy groups -OCH3 is 6. The molecule has 0 amide bonds. The predicted octanol–water partition coefficient (Wildman–Crippen LogP) is 3.42. The Morgan fingerprint density at radius 3 is 1.41 bits per heavy atom. The van der Waals surface area contributed by atoms with Crippen molar-refractivity contribution in [1.82, 2.24) is 9.97 Å². The van der Waals surface area contributed by atoms with E-state index in [4.69, 9.17) is 28.4 Å². The molecule has 0 radical (unpaired) electrons. The molecule has 0 fully saturated rings. The molecular formula is C24H24N2O8. The van der Waals surface area contributed by atoms with Gasteiger partial charge in [0.2, 0.25) is 0 Å². The first-order valence-electron chi connectivity index (χ1n) is 9.95. The minimum Gasteiger partial charge on any atom is -0.493 e. The van der Waals surface area contributed by atoms with Crippen molar-refractivity contribution in [3.05, 3.63) is 47.8 Å². The van der Waals surface area contributed by atoms with E-state index in [2.05, 4.69) is 9.97 Å². The third kappa shape index (κ3) is 4.56. The first-order valence-corrected chi connectivity index (χ1v) is 9.95. The van der Waals surface area contributed by atoms with Gasteiger partial charge in [-0.15, -0.1) is 0 Å². The van der Waals surface area contributed by atoms with Crippen LogP contribution in [0.1, 0.15) is 21.0 Å². The van der Waals surface area contributed by atoms with Crippen LogP contribution >= 0.6 is 0 Å². The van der Waals surface area contributed by atoms with Crippen LogP contribution in [0.2, 0.25) is 0 Å². The molecule has 0 bridgehead atoms. The van der Waals surface area contributed by atoms with Crippen LogP contribution in [0.5, 0.6) is 23.0 Å². The molecule has 34 heavy (non-hydrogen) atoms. The number of benzene rings is 2. The average molecular weight is 468 g/mol. The number of carbonyl (C=O) groups excluding carboxylic acids is 2. The summed E-state index contributed by atoms with van der Waals surface area (Å²) in [5.74, 6) is 0.328. The van der Waals surface area contributed by atoms with Crippen LogP contribution in [0.25, 0.3) is 22.5 Å². The second-order valence-corrected chi connectivity index (χ2v) is 6.74. The number of hydrogen-bond acceptors (Lipinski definition) is 10. The molecule has 3 rings (SSSR count). The molecule has 3 aromatic rings. The zero-order valence-corrected chi connectivity index (χ0v) is 19.6. The van der Waals surface area contributed by atoms with E-state index in [1.54, 1.807) is 36.4 Å². The van der Waals surface area contributed by atoms with E-state index in [0.717, 1.165) is 0 Å². The number of esters is 2. The Morgan fingerprint density at radius 1 is 0.588 bits per heavy atom. The summed E-state index contributed by atoms with van der Waals surface area (Å²) in [4.78, 5) is 34.4. The van der Waals surface area contributed by atoms with Gasteiger partial charge in [-0.2, -0.15) is 0 Å². The summed E-state index contributed by atoms with van der Waals surface area (Å²) >= 11 is 0. The SMILES string of the molecule is COC(=O)c1nc(-c2ccc(OC)c(OC)c2)nc(C(=O)OC)c1-c1ccc(OC)c(OC)c1. The molecule has 0 atom stereocenters. The van der Waals surface area contributed by atoms with Gasteiger partial charge in [-0.1, -0.05) is 6.07 Å². The predicted molar refractivity (Wildman–Crippen MR) is 122 cm³/mol. The topological polar surface area (TPSA) is 115 Å². The summed E-state index contributed by atoms with van der Waals surface area (Å²) < 4.78 is 31.2. The Labute approximate surface area is 196 Å². The van der Waals surface area contributed by atoms with Crippen molar-refractivity contribution in [3.8, 4) is 45.5 Å². The van der Waals surface area contributed by atoms with Crippen LogP contribution < -0.4 is 18.9 Å². The Morgan fingerprint density at radius 2 is 1.00 bits per heavy atom. The van der Waals surface area contributed by atoms with Gasteiger partial charge < -0.3 is 28.4 Å². The lowest BCUT2D eigenvalue weighted by Gasteiger charge is -2.16. The van der Waals surface area contributed by atoms with Crippen molar-refractivity contribution < 1.29 is 38.0 Å². The number of carbonyl (C=O) groups is 2. The van der Waals surface area contributed by atoms with Crippen LogP contribution in [0.15, 0.2) is 36.4 Å². The molecule has 10 nitrogen and oxygen atoms in total. The number of nitrogens with zero attached hydrogens (tertiary/aromatic N) is 2. The minimum atomic E-state index is -0.765. The fourth-order valence-corrected chi connectivity index (χ4v) is 3.32. The summed E-state index contributed by atoms with van der Waals surface area (Å²) in [7, 11) is 8.41. The zero-order valence-electron chi connectivity index (χ0n) is 19.6. The Bertz CT molecular complexity index is 1190. The molecule has 1 aromatic heterocycles. The van der Waals surface area contributed by atoms with Gasteiger partial charge in [0.25, 0.3) is 0 Å². The van der Waals surface area contributed by atoms with Crippen molar-refractivity contribution in [2.75, 3.05) is 42.7 Å². The van der Waals surface area contributed by atoms with Gasteiger partial charge in [0.15, 0.2) is 40.2 Å². The second-order valence-electron chi connectivity index (χ2n) is 6.74. The van der Waals surface area contributed by atoms with Crippen molar-refractivity contribution in [2.24, 2.45) is 0 Å². The number of aromatic nitrogens is 2. The molecular weight excluding hydrogens is 444 g/mol. The maximum atomic E-state index is 12.8. The third-order valence-electron chi connectivity index (χ3n) is 4.98.